The molecule has 0 unspecified atom stereocenters. The lowest BCUT2D eigenvalue weighted by Gasteiger charge is -2.21. The molecule has 1 aliphatic carbocycles. The standard InChI is InChI=1S/C31H32N2O8.ClH/c1-36-23-14-21-22(15-24(23)41-16-17-6-7-17)30(34)33(20-10-8-19(32)9-11-20)28(31(35)40-5)27(21)18-12-25(37-2)29(39-4)26(13-18)38-3;/h8-15,17H,6-7,16,32H2,1-5H3;1H. The minimum Gasteiger partial charge on any atom is -0.493 e. The van der Waals surface area contributed by atoms with Gasteiger partial charge in [0.1, 0.15) is 5.69 Å². The number of benzene rings is 3. The molecule has 222 valence electrons. The molecule has 1 heterocycles. The highest BCUT2D eigenvalue weighted by molar-refractivity contribution is 6.08. The van der Waals surface area contributed by atoms with Crippen LogP contribution in [0.4, 0.5) is 5.69 Å². The molecule has 1 saturated carbocycles. The number of pyridine rings is 1. The molecule has 2 N–H and O–H groups in total. The van der Waals surface area contributed by atoms with Gasteiger partial charge in [0, 0.05) is 22.3 Å². The van der Waals surface area contributed by atoms with Gasteiger partial charge in [-0.1, -0.05) is 0 Å². The van der Waals surface area contributed by atoms with Gasteiger partial charge in [0.25, 0.3) is 5.56 Å². The van der Waals surface area contributed by atoms with E-state index in [1.165, 1.54) is 40.1 Å². The quantitative estimate of drug-likeness (QED) is 0.193. The highest BCUT2D eigenvalue weighted by Gasteiger charge is 2.29. The van der Waals surface area contributed by atoms with E-state index in [-0.39, 0.29) is 18.1 Å². The van der Waals surface area contributed by atoms with Crippen molar-refractivity contribution in [3.05, 3.63) is 64.6 Å². The summed E-state index contributed by atoms with van der Waals surface area (Å²) in [6.07, 6.45) is 2.21. The summed E-state index contributed by atoms with van der Waals surface area (Å²) in [7, 11) is 7.30. The zero-order chi connectivity index (χ0) is 29.3. The van der Waals surface area contributed by atoms with Gasteiger partial charge >= 0.3 is 5.97 Å². The molecule has 0 bridgehead atoms. The van der Waals surface area contributed by atoms with Crippen molar-refractivity contribution in [3.63, 3.8) is 0 Å². The smallest absolute Gasteiger partial charge is 0.355 e. The van der Waals surface area contributed by atoms with E-state index in [0.717, 1.165) is 12.8 Å². The molecule has 0 saturated heterocycles. The van der Waals surface area contributed by atoms with Crippen LogP contribution in [0, 0.1) is 5.92 Å². The maximum Gasteiger partial charge on any atom is 0.355 e. The van der Waals surface area contributed by atoms with Crippen LogP contribution in [0.15, 0.2) is 53.3 Å². The Labute approximate surface area is 249 Å². The number of nitrogen functional groups attached to an aromatic ring is 1. The Bertz CT molecular complexity index is 1650. The van der Waals surface area contributed by atoms with Gasteiger partial charge in [-0.05, 0) is 72.9 Å². The molecule has 42 heavy (non-hydrogen) atoms. The fraction of sp³-hybridized carbons (Fsp3) is 0.290. The number of rotatable bonds is 10. The van der Waals surface area contributed by atoms with Crippen LogP contribution < -0.4 is 35.0 Å². The van der Waals surface area contributed by atoms with E-state index in [2.05, 4.69) is 0 Å². The molecule has 1 fully saturated rings. The van der Waals surface area contributed by atoms with Gasteiger partial charge in [-0.2, -0.15) is 0 Å². The molecule has 1 aromatic heterocycles. The van der Waals surface area contributed by atoms with Gasteiger partial charge in [-0.3, -0.25) is 9.36 Å². The predicted octanol–water partition coefficient (Wildman–Crippen LogP) is 5.27. The molecule has 0 radical (unpaired) electrons. The van der Waals surface area contributed by atoms with Crippen molar-refractivity contribution in [2.45, 2.75) is 12.8 Å². The molecule has 4 aromatic rings. The second-order valence-electron chi connectivity index (χ2n) is 9.66. The molecule has 10 nitrogen and oxygen atoms in total. The third kappa shape index (κ3) is 5.49. The summed E-state index contributed by atoms with van der Waals surface area (Å²) in [6, 6.07) is 13.4. The predicted molar refractivity (Wildman–Crippen MR) is 162 cm³/mol. The van der Waals surface area contributed by atoms with Crippen molar-refractivity contribution >= 4 is 34.8 Å². The number of esters is 1. The SMILES string of the molecule is COC(=O)c1c(-c2cc(OC)c(OC)c(OC)c2)c2cc(OC)c(OCC3CC3)cc2c(=O)n1-c1ccc(N)cc1.Cl. The average molecular weight is 597 g/mol. The van der Waals surface area contributed by atoms with Gasteiger partial charge < -0.3 is 34.2 Å². The van der Waals surface area contributed by atoms with Crippen LogP contribution in [-0.2, 0) is 4.74 Å². The molecule has 0 aliphatic heterocycles. The zero-order valence-corrected chi connectivity index (χ0v) is 24.8. The van der Waals surface area contributed by atoms with Crippen LogP contribution in [0.25, 0.3) is 27.6 Å². The molecule has 0 spiro atoms. The third-order valence-electron chi connectivity index (χ3n) is 7.12. The van der Waals surface area contributed by atoms with Crippen LogP contribution >= 0.6 is 12.4 Å². The maximum atomic E-state index is 14.2. The van der Waals surface area contributed by atoms with Crippen LogP contribution in [0.1, 0.15) is 23.3 Å². The number of fused-ring (bicyclic) bond motifs is 1. The second-order valence-corrected chi connectivity index (χ2v) is 9.66. The topological polar surface area (TPSA) is 120 Å². The highest BCUT2D eigenvalue weighted by Crippen LogP contribution is 2.45. The maximum absolute atomic E-state index is 14.2. The summed E-state index contributed by atoms with van der Waals surface area (Å²) in [6.45, 7) is 0.522. The van der Waals surface area contributed by atoms with Gasteiger partial charge in [0.15, 0.2) is 23.0 Å². The lowest BCUT2D eigenvalue weighted by atomic mass is 9.95. The van der Waals surface area contributed by atoms with Crippen LogP contribution in [0.2, 0.25) is 0 Å². The van der Waals surface area contributed by atoms with Gasteiger partial charge in [0.2, 0.25) is 5.75 Å². The second kappa shape index (κ2) is 12.5. The number of nitrogens with two attached hydrogens (primary N) is 1. The Kier molecular flexibility index (Phi) is 9.06. The molecular formula is C31H33ClN2O8. The van der Waals surface area contributed by atoms with E-state index < -0.39 is 11.5 Å². The average Bonchev–Trinajstić information content (AvgIpc) is 3.83. The molecule has 1 aliphatic rings. The molecule has 0 atom stereocenters. The summed E-state index contributed by atoms with van der Waals surface area (Å²) >= 11 is 0. The molecule has 3 aromatic carbocycles. The Morgan fingerprint density at radius 1 is 0.833 bits per heavy atom. The Hall–Kier alpha value is -4.57. The summed E-state index contributed by atoms with van der Waals surface area (Å²) in [5.41, 5.74) is 7.34. The van der Waals surface area contributed by atoms with E-state index >= 15 is 0 Å². The van der Waals surface area contributed by atoms with E-state index in [9.17, 15) is 9.59 Å². The first-order chi connectivity index (χ1) is 19.8. The van der Waals surface area contributed by atoms with Crippen LogP contribution in [0.5, 0.6) is 28.7 Å². The summed E-state index contributed by atoms with van der Waals surface area (Å²) in [4.78, 5) is 27.8. The van der Waals surface area contributed by atoms with Crippen molar-refractivity contribution in [3.8, 4) is 45.6 Å². The van der Waals surface area contributed by atoms with Crippen molar-refractivity contribution < 1.29 is 33.2 Å². The lowest BCUT2D eigenvalue weighted by Crippen LogP contribution is -2.27. The van der Waals surface area contributed by atoms with E-state index in [0.29, 0.717) is 74.5 Å². The number of aromatic nitrogens is 1. The number of hydrogen-bond acceptors (Lipinski definition) is 9. The molecule has 5 rings (SSSR count). The summed E-state index contributed by atoms with van der Waals surface area (Å²) in [5, 5.41) is 0.761. The minimum absolute atomic E-state index is 0. The number of anilines is 1. The van der Waals surface area contributed by atoms with Crippen molar-refractivity contribution in [1.29, 1.82) is 0 Å². The van der Waals surface area contributed by atoms with Gasteiger partial charge in [-0.25, -0.2) is 4.79 Å². The van der Waals surface area contributed by atoms with E-state index in [4.69, 9.17) is 34.2 Å². The Morgan fingerprint density at radius 2 is 1.43 bits per heavy atom. The third-order valence-corrected chi connectivity index (χ3v) is 7.12. The van der Waals surface area contributed by atoms with Gasteiger partial charge in [-0.15, -0.1) is 12.4 Å². The number of carbonyl (C=O) groups excluding carboxylic acids is 1. The monoisotopic (exact) mass is 596 g/mol. The van der Waals surface area contributed by atoms with Crippen LogP contribution in [-0.4, -0.2) is 52.7 Å². The van der Waals surface area contributed by atoms with Crippen molar-refractivity contribution in [2.75, 3.05) is 47.9 Å². The van der Waals surface area contributed by atoms with E-state index in [1.54, 1.807) is 48.5 Å². The molecule has 11 heteroatoms. The number of hydrogen-bond donors (Lipinski definition) is 1. The Balaban J connectivity index is 0.00000405. The minimum atomic E-state index is -0.724. The van der Waals surface area contributed by atoms with Crippen molar-refractivity contribution in [1.82, 2.24) is 4.57 Å². The first-order valence-electron chi connectivity index (χ1n) is 13.0. The lowest BCUT2D eigenvalue weighted by molar-refractivity contribution is 0.0591. The fourth-order valence-electron chi connectivity index (χ4n) is 4.85. The summed E-state index contributed by atoms with van der Waals surface area (Å²) < 4.78 is 35.1. The first kappa shape index (κ1) is 30.4. The molecular weight excluding hydrogens is 564 g/mol. The number of nitrogens with zero attached hydrogens (tertiary/aromatic N) is 1. The molecule has 0 amide bonds. The largest absolute Gasteiger partial charge is 0.493 e. The normalized spacial score (nSPS) is 12.3. The fourth-order valence-corrected chi connectivity index (χ4v) is 4.85. The Morgan fingerprint density at radius 3 is 1.95 bits per heavy atom. The number of ether oxygens (including phenoxy) is 6. The van der Waals surface area contributed by atoms with Gasteiger partial charge in [0.05, 0.1) is 47.5 Å². The summed E-state index contributed by atoms with van der Waals surface area (Å²) in [5.74, 6) is 1.74. The number of carbonyl (C=O) groups is 1. The first-order valence-corrected chi connectivity index (χ1v) is 13.0. The van der Waals surface area contributed by atoms with E-state index in [1.807, 2.05) is 0 Å². The van der Waals surface area contributed by atoms with Crippen LogP contribution in [0.3, 0.4) is 0 Å². The zero-order valence-electron chi connectivity index (χ0n) is 24.0. The number of halogens is 1. The number of methoxy groups -OCH3 is 5. The van der Waals surface area contributed by atoms with Crippen molar-refractivity contribution in [2.24, 2.45) is 5.92 Å². The highest BCUT2D eigenvalue weighted by atomic mass is 35.5.